The highest BCUT2D eigenvalue weighted by molar-refractivity contribution is 5.96. The second-order valence-electron chi connectivity index (χ2n) is 6.88. The molecular formula is C19H26N4O3. The predicted molar refractivity (Wildman–Crippen MR) is 97.5 cm³/mol. The van der Waals surface area contributed by atoms with Crippen molar-refractivity contribution in [1.82, 2.24) is 20.4 Å². The predicted octanol–water partition coefficient (Wildman–Crippen LogP) is 0.752. The van der Waals surface area contributed by atoms with Gasteiger partial charge in [-0.2, -0.15) is 0 Å². The molecule has 0 aromatic heterocycles. The summed E-state index contributed by atoms with van der Waals surface area (Å²) in [5, 5.41) is 5.74. The number of hydrogen-bond donors (Lipinski definition) is 2. The number of likely N-dealkylation sites (tertiary alicyclic amines) is 1. The number of aryl methyl sites for hydroxylation is 1. The van der Waals surface area contributed by atoms with Gasteiger partial charge in [0.25, 0.3) is 0 Å². The molecule has 0 saturated carbocycles. The summed E-state index contributed by atoms with van der Waals surface area (Å²) in [5.41, 5.74) is 1.17. The Balaban J connectivity index is 1.35. The third-order valence-corrected chi connectivity index (χ3v) is 4.95. The van der Waals surface area contributed by atoms with Crippen molar-refractivity contribution in [3.05, 3.63) is 35.9 Å². The summed E-state index contributed by atoms with van der Waals surface area (Å²) in [6.07, 6.45) is 2.90. The number of nitrogens with zero attached hydrogens (tertiary/aromatic N) is 2. The summed E-state index contributed by atoms with van der Waals surface area (Å²) in [6, 6.07) is 9.87. The third-order valence-electron chi connectivity index (χ3n) is 4.95. The lowest BCUT2D eigenvalue weighted by Gasteiger charge is -2.32. The molecule has 2 fully saturated rings. The van der Waals surface area contributed by atoms with Crippen LogP contribution in [-0.2, 0) is 16.0 Å². The zero-order valence-electron chi connectivity index (χ0n) is 14.9. The number of nitrogens with one attached hydrogen (secondary N) is 2. The fourth-order valence-corrected chi connectivity index (χ4v) is 3.42. The van der Waals surface area contributed by atoms with Gasteiger partial charge >= 0.3 is 6.03 Å². The van der Waals surface area contributed by atoms with Gasteiger partial charge in [-0.25, -0.2) is 4.79 Å². The van der Waals surface area contributed by atoms with Gasteiger partial charge in [0.15, 0.2) is 0 Å². The molecule has 0 unspecified atom stereocenters. The molecule has 0 bridgehead atoms. The smallest absolute Gasteiger partial charge is 0.324 e. The summed E-state index contributed by atoms with van der Waals surface area (Å²) in [6.45, 7) is 2.75. The largest absolute Gasteiger partial charge is 0.353 e. The maximum absolute atomic E-state index is 12.2. The van der Waals surface area contributed by atoms with E-state index >= 15 is 0 Å². The Bertz CT molecular complexity index is 641. The number of benzene rings is 1. The molecule has 2 aliphatic rings. The van der Waals surface area contributed by atoms with E-state index in [9.17, 15) is 14.4 Å². The van der Waals surface area contributed by atoms with E-state index in [1.165, 1.54) is 10.5 Å². The molecule has 1 aromatic carbocycles. The molecular weight excluding hydrogens is 332 g/mol. The summed E-state index contributed by atoms with van der Waals surface area (Å²) >= 11 is 0. The van der Waals surface area contributed by atoms with Gasteiger partial charge in [0.05, 0.1) is 6.54 Å². The lowest BCUT2D eigenvalue weighted by atomic mass is 10.0. The van der Waals surface area contributed by atoms with Crippen LogP contribution >= 0.6 is 0 Å². The average Bonchev–Trinajstić information content (AvgIpc) is 3.09. The minimum atomic E-state index is -0.296. The Morgan fingerprint density at radius 1 is 1.12 bits per heavy atom. The first-order valence-corrected chi connectivity index (χ1v) is 9.25. The van der Waals surface area contributed by atoms with E-state index in [1.807, 2.05) is 30.3 Å². The minimum absolute atomic E-state index is 0.0807. The van der Waals surface area contributed by atoms with Gasteiger partial charge < -0.3 is 10.6 Å². The molecule has 1 aromatic rings. The summed E-state index contributed by atoms with van der Waals surface area (Å²) < 4.78 is 0. The highest BCUT2D eigenvalue weighted by Crippen LogP contribution is 2.12. The second-order valence-corrected chi connectivity index (χ2v) is 6.88. The molecule has 2 heterocycles. The highest BCUT2D eigenvalue weighted by Gasteiger charge is 2.29. The second kappa shape index (κ2) is 8.80. The van der Waals surface area contributed by atoms with Crippen LogP contribution in [0.15, 0.2) is 30.3 Å². The van der Waals surface area contributed by atoms with Crippen LogP contribution in [0, 0.1) is 0 Å². The van der Waals surface area contributed by atoms with Gasteiger partial charge in [-0.05, 0) is 24.8 Å². The summed E-state index contributed by atoms with van der Waals surface area (Å²) in [7, 11) is 0. The first-order chi connectivity index (χ1) is 12.6. The van der Waals surface area contributed by atoms with Gasteiger partial charge in [-0.3, -0.25) is 19.4 Å². The molecule has 2 aliphatic heterocycles. The standard InChI is InChI=1S/C19H26N4O3/c24-17(7-6-15-4-2-1-3-5-15)21-16-8-11-22(12-9-16)14-18(25)23-13-10-20-19(23)26/h1-5,16H,6-14H2,(H,20,26)(H,21,24). The number of hydrogen-bond acceptors (Lipinski definition) is 4. The van der Waals surface area contributed by atoms with Crippen LogP contribution < -0.4 is 10.6 Å². The summed E-state index contributed by atoms with van der Waals surface area (Å²) in [4.78, 5) is 39.1. The number of rotatable bonds is 6. The van der Waals surface area contributed by atoms with Gasteiger partial charge in [-0.15, -0.1) is 0 Å². The number of imide groups is 1. The van der Waals surface area contributed by atoms with Crippen LogP contribution in [0.2, 0.25) is 0 Å². The van der Waals surface area contributed by atoms with Crippen molar-refractivity contribution >= 4 is 17.8 Å². The fourth-order valence-electron chi connectivity index (χ4n) is 3.42. The van der Waals surface area contributed by atoms with E-state index < -0.39 is 0 Å². The van der Waals surface area contributed by atoms with Crippen molar-refractivity contribution in [2.75, 3.05) is 32.7 Å². The zero-order valence-corrected chi connectivity index (χ0v) is 14.9. The van der Waals surface area contributed by atoms with Crippen LogP contribution in [0.25, 0.3) is 0 Å². The molecule has 2 saturated heterocycles. The van der Waals surface area contributed by atoms with E-state index in [1.54, 1.807) is 0 Å². The van der Waals surface area contributed by atoms with Crippen LogP contribution in [0.5, 0.6) is 0 Å². The molecule has 3 rings (SSSR count). The maximum Gasteiger partial charge on any atom is 0.324 e. The quantitative estimate of drug-likeness (QED) is 0.786. The van der Waals surface area contributed by atoms with E-state index in [-0.39, 0.29) is 30.4 Å². The maximum atomic E-state index is 12.2. The van der Waals surface area contributed by atoms with Crippen molar-refractivity contribution in [3.63, 3.8) is 0 Å². The SMILES string of the molecule is O=C(CCc1ccccc1)NC1CCN(CC(=O)N2CCNC2=O)CC1. The molecule has 0 radical (unpaired) electrons. The van der Waals surface area contributed by atoms with E-state index in [0.29, 0.717) is 19.5 Å². The van der Waals surface area contributed by atoms with Gasteiger partial charge in [0.2, 0.25) is 11.8 Å². The zero-order chi connectivity index (χ0) is 18.4. The van der Waals surface area contributed by atoms with E-state index in [2.05, 4.69) is 15.5 Å². The average molecular weight is 358 g/mol. The normalized spacial score (nSPS) is 18.6. The van der Waals surface area contributed by atoms with Gasteiger partial charge in [0.1, 0.15) is 0 Å². The highest BCUT2D eigenvalue weighted by atomic mass is 16.2. The first-order valence-electron chi connectivity index (χ1n) is 9.25. The number of carbonyl (C=O) groups is 3. The molecule has 2 N–H and O–H groups in total. The number of piperidine rings is 1. The molecule has 0 aliphatic carbocycles. The lowest BCUT2D eigenvalue weighted by Crippen LogP contribution is -2.48. The molecule has 7 nitrogen and oxygen atoms in total. The van der Waals surface area contributed by atoms with Crippen molar-refractivity contribution < 1.29 is 14.4 Å². The summed E-state index contributed by atoms with van der Waals surface area (Å²) in [5.74, 6) is -0.0672. The Morgan fingerprint density at radius 2 is 1.85 bits per heavy atom. The fraction of sp³-hybridized carbons (Fsp3) is 0.526. The van der Waals surface area contributed by atoms with Gasteiger partial charge in [-0.1, -0.05) is 30.3 Å². The Morgan fingerprint density at radius 3 is 2.50 bits per heavy atom. The molecule has 0 spiro atoms. The molecule has 140 valence electrons. The van der Waals surface area contributed by atoms with Crippen molar-refractivity contribution in [2.45, 2.75) is 31.7 Å². The molecule has 0 atom stereocenters. The number of amides is 4. The molecule has 7 heteroatoms. The number of urea groups is 1. The van der Waals surface area contributed by atoms with Crippen molar-refractivity contribution in [2.24, 2.45) is 0 Å². The van der Waals surface area contributed by atoms with Crippen LogP contribution in [0.4, 0.5) is 4.79 Å². The molecule has 26 heavy (non-hydrogen) atoms. The lowest BCUT2D eigenvalue weighted by molar-refractivity contribution is -0.129. The third kappa shape index (κ3) is 5.05. The monoisotopic (exact) mass is 358 g/mol. The van der Waals surface area contributed by atoms with Crippen molar-refractivity contribution in [3.8, 4) is 0 Å². The van der Waals surface area contributed by atoms with E-state index in [4.69, 9.17) is 0 Å². The topological polar surface area (TPSA) is 81.8 Å². The van der Waals surface area contributed by atoms with Crippen LogP contribution in [-0.4, -0.2) is 66.4 Å². The Hall–Kier alpha value is -2.41. The van der Waals surface area contributed by atoms with Crippen molar-refractivity contribution in [1.29, 1.82) is 0 Å². The van der Waals surface area contributed by atoms with Gasteiger partial charge in [0, 0.05) is 38.6 Å². The van der Waals surface area contributed by atoms with E-state index in [0.717, 1.165) is 32.4 Å². The Labute approximate surface area is 153 Å². The van der Waals surface area contributed by atoms with Crippen LogP contribution in [0.1, 0.15) is 24.8 Å². The Kier molecular flexibility index (Phi) is 6.22. The minimum Gasteiger partial charge on any atom is -0.353 e. The first kappa shape index (κ1) is 18.4. The number of carbonyl (C=O) groups excluding carboxylic acids is 3. The molecule has 4 amide bonds. The van der Waals surface area contributed by atoms with Crippen LogP contribution in [0.3, 0.4) is 0 Å².